The van der Waals surface area contributed by atoms with Crippen molar-refractivity contribution in [3.8, 4) is 0 Å². The van der Waals surface area contributed by atoms with E-state index in [1.54, 1.807) is 7.11 Å². The van der Waals surface area contributed by atoms with Crippen LogP contribution in [0.15, 0.2) is 0 Å². The second-order valence-corrected chi connectivity index (χ2v) is 6.09. The van der Waals surface area contributed by atoms with Crippen molar-refractivity contribution in [1.29, 1.82) is 0 Å². The molecule has 0 rings (SSSR count). The maximum Gasteiger partial charge on any atom is 0.306 e. The summed E-state index contributed by atoms with van der Waals surface area (Å²) in [7, 11) is 1.58. The second kappa shape index (κ2) is 16.8. The van der Waals surface area contributed by atoms with Crippen LogP contribution >= 0.6 is 0 Å². The average molecular weight is 315 g/mol. The van der Waals surface area contributed by atoms with Gasteiger partial charge in [0.05, 0.1) is 6.61 Å². The molecule has 0 aromatic rings. The summed E-state index contributed by atoms with van der Waals surface area (Å²) in [6.07, 6.45) is 14.3. The van der Waals surface area contributed by atoms with Gasteiger partial charge in [0.15, 0.2) is 0 Å². The quantitative estimate of drug-likeness (QED) is 0.342. The van der Waals surface area contributed by atoms with Crippen LogP contribution in [0.4, 0.5) is 0 Å². The van der Waals surface area contributed by atoms with Gasteiger partial charge in [-0.25, -0.2) is 0 Å². The van der Waals surface area contributed by atoms with E-state index in [9.17, 15) is 4.79 Å². The second-order valence-electron chi connectivity index (χ2n) is 6.09. The fourth-order valence-corrected chi connectivity index (χ4v) is 2.51. The number of rotatable bonds is 16. The molecule has 1 unspecified atom stereocenters. The molecule has 0 aliphatic carbocycles. The van der Waals surface area contributed by atoms with E-state index in [-0.39, 0.29) is 12.1 Å². The lowest BCUT2D eigenvalue weighted by Gasteiger charge is -2.14. The number of carbonyl (C=O) groups is 1. The average Bonchev–Trinajstić information content (AvgIpc) is 2.52. The third kappa shape index (κ3) is 14.3. The summed E-state index contributed by atoms with van der Waals surface area (Å²) in [5.41, 5.74) is 5.51. The van der Waals surface area contributed by atoms with Crippen molar-refractivity contribution in [2.24, 2.45) is 5.73 Å². The van der Waals surface area contributed by atoms with Crippen LogP contribution in [0.25, 0.3) is 0 Å². The van der Waals surface area contributed by atoms with E-state index < -0.39 is 0 Å². The highest BCUT2D eigenvalue weighted by atomic mass is 16.6. The summed E-state index contributed by atoms with van der Waals surface area (Å²) in [4.78, 5) is 11.6. The molecular weight excluding hydrogens is 278 g/mol. The molecule has 0 amide bonds. The molecule has 0 saturated carbocycles. The molecule has 0 aromatic heterocycles. The smallest absolute Gasteiger partial charge is 0.306 e. The van der Waals surface area contributed by atoms with Gasteiger partial charge in [0.1, 0.15) is 6.10 Å². The molecule has 0 fully saturated rings. The Labute approximate surface area is 137 Å². The first-order valence-corrected chi connectivity index (χ1v) is 9.13. The van der Waals surface area contributed by atoms with Gasteiger partial charge in [-0.15, -0.1) is 0 Å². The normalized spacial score (nSPS) is 12.3. The van der Waals surface area contributed by atoms with E-state index in [1.165, 1.54) is 57.8 Å². The van der Waals surface area contributed by atoms with Gasteiger partial charge in [-0.2, -0.15) is 0 Å². The van der Waals surface area contributed by atoms with E-state index in [4.69, 9.17) is 15.2 Å². The topological polar surface area (TPSA) is 61.5 Å². The Kier molecular flexibility index (Phi) is 16.3. The van der Waals surface area contributed by atoms with Crippen molar-refractivity contribution in [2.45, 2.75) is 90.1 Å². The Bertz CT molecular complexity index is 246. The van der Waals surface area contributed by atoms with Crippen LogP contribution in [0.5, 0.6) is 0 Å². The zero-order valence-electron chi connectivity index (χ0n) is 14.8. The van der Waals surface area contributed by atoms with Crippen LogP contribution in [-0.2, 0) is 14.3 Å². The van der Waals surface area contributed by atoms with Gasteiger partial charge >= 0.3 is 5.97 Å². The maximum absolute atomic E-state index is 11.6. The minimum atomic E-state index is -0.301. The van der Waals surface area contributed by atoms with Gasteiger partial charge in [-0.05, 0) is 6.42 Å². The summed E-state index contributed by atoms with van der Waals surface area (Å²) >= 11 is 0. The molecule has 132 valence electrons. The molecule has 0 radical (unpaired) electrons. The van der Waals surface area contributed by atoms with Crippen LogP contribution < -0.4 is 5.73 Å². The standard InChI is InChI=1S/C18H37NO3/c1-3-4-5-6-7-8-9-10-11-12-13-14-18(20)22-17(15-19)16-21-2/h17H,3-16,19H2,1-2H3. The van der Waals surface area contributed by atoms with E-state index in [2.05, 4.69) is 6.92 Å². The van der Waals surface area contributed by atoms with Crippen LogP contribution in [0.1, 0.15) is 84.0 Å². The Morgan fingerprint density at radius 2 is 1.41 bits per heavy atom. The molecule has 0 saturated heterocycles. The molecule has 4 heteroatoms. The number of ether oxygens (including phenoxy) is 2. The Hall–Kier alpha value is -0.610. The van der Waals surface area contributed by atoms with Crippen molar-refractivity contribution in [3.05, 3.63) is 0 Å². The fraction of sp³-hybridized carbons (Fsp3) is 0.944. The Balaban J connectivity index is 3.29. The van der Waals surface area contributed by atoms with Crippen LogP contribution in [-0.4, -0.2) is 32.3 Å². The summed E-state index contributed by atoms with van der Waals surface area (Å²) in [6, 6.07) is 0. The number of methoxy groups -OCH3 is 1. The van der Waals surface area contributed by atoms with Crippen LogP contribution in [0, 0.1) is 0 Å². The third-order valence-corrected chi connectivity index (χ3v) is 3.90. The van der Waals surface area contributed by atoms with Crippen LogP contribution in [0.3, 0.4) is 0 Å². The molecule has 1 atom stereocenters. The fourth-order valence-electron chi connectivity index (χ4n) is 2.51. The molecule has 0 aliphatic heterocycles. The zero-order valence-corrected chi connectivity index (χ0v) is 14.8. The lowest BCUT2D eigenvalue weighted by atomic mass is 10.1. The van der Waals surface area contributed by atoms with Gasteiger partial charge in [-0.1, -0.05) is 71.1 Å². The van der Waals surface area contributed by atoms with Crippen molar-refractivity contribution in [3.63, 3.8) is 0 Å². The molecule has 0 aromatic carbocycles. The minimum Gasteiger partial charge on any atom is -0.459 e. The highest BCUT2D eigenvalue weighted by Crippen LogP contribution is 2.12. The monoisotopic (exact) mass is 315 g/mol. The summed E-state index contributed by atoms with van der Waals surface area (Å²) in [5, 5.41) is 0. The first-order valence-electron chi connectivity index (χ1n) is 9.13. The van der Waals surface area contributed by atoms with Crippen molar-refractivity contribution in [1.82, 2.24) is 0 Å². The predicted octanol–water partition coefficient (Wildman–Crippen LogP) is 4.20. The van der Waals surface area contributed by atoms with Crippen LogP contribution in [0.2, 0.25) is 0 Å². The SMILES string of the molecule is CCCCCCCCCCCCCC(=O)OC(CN)COC. The molecule has 0 bridgehead atoms. The molecular formula is C18H37NO3. The maximum atomic E-state index is 11.6. The molecule has 2 N–H and O–H groups in total. The molecule has 0 spiro atoms. The third-order valence-electron chi connectivity index (χ3n) is 3.90. The number of hydrogen-bond acceptors (Lipinski definition) is 4. The lowest BCUT2D eigenvalue weighted by Crippen LogP contribution is -2.30. The highest BCUT2D eigenvalue weighted by Gasteiger charge is 2.11. The molecule has 4 nitrogen and oxygen atoms in total. The van der Waals surface area contributed by atoms with E-state index >= 15 is 0 Å². The summed E-state index contributed by atoms with van der Waals surface area (Å²) < 4.78 is 10.2. The van der Waals surface area contributed by atoms with E-state index in [0.717, 1.165) is 12.8 Å². The number of carbonyl (C=O) groups excluding carboxylic acids is 1. The van der Waals surface area contributed by atoms with Crippen molar-refractivity contribution in [2.75, 3.05) is 20.3 Å². The van der Waals surface area contributed by atoms with Gasteiger partial charge in [0.2, 0.25) is 0 Å². The largest absolute Gasteiger partial charge is 0.459 e. The van der Waals surface area contributed by atoms with Crippen molar-refractivity contribution >= 4 is 5.97 Å². The lowest BCUT2D eigenvalue weighted by molar-refractivity contribution is -0.151. The Morgan fingerprint density at radius 3 is 1.86 bits per heavy atom. The van der Waals surface area contributed by atoms with Gasteiger partial charge < -0.3 is 15.2 Å². The minimum absolute atomic E-state index is 0.150. The zero-order chi connectivity index (χ0) is 16.5. The predicted molar refractivity (Wildman–Crippen MR) is 91.9 cm³/mol. The summed E-state index contributed by atoms with van der Waals surface area (Å²) in [6.45, 7) is 2.95. The molecule has 0 heterocycles. The van der Waals surface area contributed by atoms with E-state index in [1.807, 2.05) is 0 Å². The number of hydrogen-bond donors (Lipinski definition) is 1. The highest BCUT2D eigenvalue weighted by molar-refractivity contribution is 5.69. The summed E-state index contributed by atoms with van der Waals surface area (Å²) in [5.74, 6) is -0.150. The van der Waals surface area contributed by atoms with Gasteiger partial charge in [0, 0.05) is 20.1 Å². The van der Waals surface area contributed by atoms with Gasteiger partial charge in [-0.3, -0.25) is 4.79 Å². The van der Waals surface area contributed by atoms with Gasteiger partial charge in [0.25, 0.3) is 0 Å². The first kappa shape index (κ1) is 21.4. The molecule has 0 aliphatic rings. The van der Waals surface area contributed by atoms with E-state index in [0.29, 0.717) is 19.6 Å². The van der Waals surface area contributed by atoms with Crippen molar-refractivity contribution < 1.29 is 14.3 Å². The molecule has 22 heavy (non-hydrogen) atoms. The first-order chi connectivity index (χ1) is 10.7. The number of esters is 1. The Morgan fingerprint density at radius 1 is 0.909 bits per heavy atom. The number of unbranched alkanes of at least 4 members (excludes halogenated alkanes) is 10. The number of nitrogens with two attached hydrogens (primary N) is 1.